The van der Waals surface area contributed by atoms with E-state index in [0.29, 0.717) is 9.76 Å². The number of hydrogen-bond acceptors (Lipinski definition) is 5. The number of nitrogens with one attached hydrogen (secondary N) is 3. The average molecular weight is 408 g/mol. The Morgan fingerprint density at radius 3 is 2.71 bits per heavy atom. The Morgan fingerprint density at radius 2 is 2.00 bits per heavy atom. The zero-order valence-corrected chi connectivity index (χ0v) is 15.5. The summed E-state index contributed by atoms with van der Waals surface area (Å²) in [4.78, 5) is 8.36. The first-order chi connectivity index (χ1) is 11.4. The number of halogens is 2. The van der Waals surface area contributed by atoms with Gasteiger partial charge >= 0.3 is 0 Å². The molecule has 0 amide bonds. The number of H-pyrrole nitrogens is 1. The highest BCUT2D eigenvalue weighted by molar-refractivity contribution is 9.10. The second-order valence-electron chi connectivity index (χ2n) is 5.76. The fraction of sp³-hybridized carbons (Fsp3) is 0.188. The third kappa shape index (κ3) is 4.04. The highest BCUT2D eigenvalue weighted by atomic mass is 79.9. The molecule has 3 aromatic rings. The summed E-state index contributed by atoms with van der Waals surface area (Å²) >= 11 is 9.30. The van der Waals surface area contributed by atoms with Gasteiger partial charge in [0.1, 0.15) is 21.7 Å². The second kappa shape index (κ2) is 6.78. The molecule has 1 aromatic carbocycles. The quantitative estimate of drug-likeness (QED) is 0.427. The molecule has 0 aliphatic carbocycles. The van der Waals surface area contributed by atoms with Crippen LogP contribution in [-0.4, -0.2) is 25.8 Å². The van der Waals surface area contributed by atoms with Crippen LogP contribution in [0.5, 0.6) is 0 Å². The van der Waals surface area contributed by atoms with E-state index in [1.54, 1.807) is 6.07 Å². The van der Waals surface area contributed by atoms with E-state index in [-0.39, 0.29) is 0 Å². The molecule has 0 radical (unpaired) electrons. The third-order valence-corrected chi connectivity index (χ3v) is 4.08. The van der Waals surface area contributed by atoms with Gasteiger partial charge in [0.2, 0.25) is 0 Å². The van der Waals surface area contributed by atoms with Gasteiger partial charge in [-0.15, -0.1) is 0 Å². The van der Waals surface area contributed by atoms with Gasteiger partial charge in [0.15, 0.2) is 5.82 Å². The number of hydrogen-bond donors (Lipinski definition) is 3. The van der Waals surface area contributed by atoms with Crippen molar-refractivity contribution in [2.75, 3.05) is 10.6 Å². The Morgan fingerprint density at radius 1 is 1.17 bits per heavy atom. The molecule has 2 aromatic heterocycles. The molecule has 6 nitrogen and oxygen atoms in total. The largest absolute Gasteiger partial charge is 0.363 e. The van der Waals surface area contributed by atoms with Gasteiger partial charge in [0.05, 0.1) is 5.69 Å². The van der Waals surface area contributed by atoms with E-state index < -0.39 is 5.66 Å². The van der Waals surface area contributed by atoms with Crippen LogP contribution < -0.4 is 10.6 Å². The van der Waals surface area contributed by atoms with Gasteiger partial charge in [-0.25, -0.2) is 9.97 Å². The first-order valence-corrected chi connectivity index (χ1v) is 8.44. The van der Waals surface area contributed by atoms with Crippen LogP contribution in [0.25, 0.3) is 11.4 Å². The summed E-state index contributed by atoms with van der Waals surface area (Å²) in [5.41, 5.74) is 2.35. The van der Waals surface area contributed by atoms with Crippen molar-refractivity contribution in [3.05, 3.63) is 52.5 Å². The standard InChI is InChI=1S/C16H16BrClN6/c1-16(2,23-12-6-7-13(18)21-14(12)17)22-11-5-3-4-10(8-11)15-19-9-20-24-15/h3-9,22-23H,1-2H3,(H,19,20,24). The Labute approximate surface area is 153 Å². The lowest BCUT2D eigenvalue weighted by molar-refractivity contribution is 0.651. The van der Waals surface area contributed by atoms with Crippen molar-refractivity contribution >= 4 is 38.9 Å². The lowest BCUT2D eigenvalue weighted by Gasteiger charge is -2.30. The highest BCUT2D eigenvalue weighted by Crippen LogP contribution is 2.27. The van der Waals surface area contributed by atoms with Crippen molar-refractivity contribution in [3.8, 4) is 11.4 Å². The van der Waals surface area contributed by atoms with Gasteiger partial charge in [-0.2, -0.15) is 5.10 Å². The topological polar surface area (TPSA) is 78.5 Å². The summed E-state index contributed by atoms with van der Waals surface area (Å²) in [6.07, 6.45) is 1.49. The predicted molar refractivity (Wildman–Crippen MR) is 100 cm³/mol. The lowest BCUT2D eigenvalue weighted by Crippen LogP contribution is -2.39. The molecule has 124 valence electrons. The molecule has 0 spiro atoms. The average Bonchev–Trinajstić information content (AvgIpc) is 3.04. The van der Waals surface area contributed by atoms with Crippen LogP contribution in [0.4, 0.5) is 11.4 Å². The number of pyridine rings is 1. The normalized spacial score (nSPS) is 11.3. The number of aromatic amines is 1. The smallest absolute Gasteiger partial charge is 0.155 e. The summed E-state index contributed by atoms with van der Waals surface area (Å²) in [5.74, 6) is 0.731. The summed E-state index contributed by atoms with van der Waals surface area (Å²) in [5, 5.41) is 14.0. The van der Waals surface area contributed by atoms with Crippen molar-refractivity contribution in [2.45, 2.75) is 19.5 Å². The molecule has 0 saturated carbocycles. The van der Waals surface area contributed by atoms with Crippen molar-refractivity contribution < 1.29 is 0 Å². The molecule has 0 unspecified atom stereocenters. The molecule has 0 saturated heterocycles. The van der Waals surface area contributed by atoms with Gasteiger partial charge in [0.25, 0.3) is 0 Å². The fourth-order valence-corrected chi connectivity index (χ4v) is 2.99. The summed E-state index contributed by atoms with van der Waals surface area (Å²) in [7, 11) is 0. The van der Waals surface area contributed by atoms with Gasteiger partial charge < -0.3 is 10.6 Å². The first kappa shape index (κ1) is 16.7. The zero-order chi connectivity index (χ0) is 17.2. The van der Waals surface area contributed by atoms with Crippen molar-refractivity contribution in [2.24, 2.45) is 0 Å². The Bertz CT molecular complexity index is 834. The summed E-state index contributed by atoms with van der Waals surface area (Å²) in [6, 6.07) is 11.6. The summed E-state index contributed by atoms with van der Waals surface area (Å²) in [6.45, 7) is 4.07. The van der Waals surface area contributed by atoms with Crippen LogP contribution >= 0.6 is 27.5 Å². The van der Waals surface area contributed by atoms with Gasteiger partial charge in [-0.3, -0.25) is 5.10 Å². The molecule has 0 aliphatic heterocycles. The van der Waals surface area contributed by atoms with Crippen LogP contribution in [-0.2, 0) is 0 Å². The molecular formula is C16H16BrClN6. The molecule has 0 atom stereocenters. The fourth-order valence-electron chi connectivity index (χ4n) is 2.32. The van der Waals surface area contributed by atoms with Crippen LogP contribution in [0.1, 0.15) is 13.8 Å². The second-order valence-corrected chi connectivity index (χ2v) is 6.90. The van der Waals surface area contributed by atoms with Gasteiger partial charge in [-0.1, -0.05) is 23.7 Å². The Kier molecular flexibility index (Phi) is 4.73. The maximum absolute atomic E-state index is 5.89. The molecule has 3 N–H and O–H groups in total. The molecular weight excluding hydrogens is 392 g/mol. The molecule has 0 bridgehead atoms. The zero-order valence-electron chi connectivity index (χ0n) is 13.1. The van der Waals surface area contributed by atoms with Crippen LogP contribution in [0.15, 0.2) is 47.3 Å². The maximum Gasteiger partial charge on any atom is 0.155 e. The molecule has 0 fully saturated rings. The van der Waals surface area contributed by atoms with E-state index in [4.69, 9.17) is 11.6 Å². The minimum absolute atomic E-state index is 0.419. The van der Waals surface area contributed by atoms with E-state index in [1.165, 1.54) is 6.33 Å². The van der Waals surface area contributed by atoms with Crippen molar-refractivity contribution in [1.29, 1.82) is 0 Å². The number of aromatic nitrogens is 4. The number of nitrogens with zero attached hydrogens (tertiary/aromatic N) is 3. The van der Waals surface area contributed by atoms with E-state index in [1.807, 2.05) is 44.2 Å². The molecule has 8 heteroatoms. The minimum Gasteiger partial charge on any atom is -0.363 e. The third-order valence-electron chi connectivity index (χ3n) is 3.27. The highest BCUT2D eigenvalue weighted by Gasteiger charge is 2.19. The van der Waals surface area contributed by atoms with Crippen LogP contribution in [0.3, 0.4) is 0 Å². The monoisotopic (exact) mass is 406 g/mol. The summed E-state index contributed by atoms with van der Waals surface area (Å²) < 4.78 is 0.667. The van der Waals surface area contributed by atoms with Crippen molar-refractivity contribution in [3.63, 3.8) is 0 Å². The van der Waals surface area contributed by atoms with E-state index in [2.05, 4.69) is 46.7 Å². The van der Waals surface area contributed by atoms with Gasteiger partial charge in [-0.05, 0) is 54.0 Å². The Hall–Kier alpha value is -2.12. The SMILES string of the molecule is CC(C)(Nc1cccc(-c2ncn[nH]2)c1)Nc1ccc(Cl)nc1Br. The predicted octanol–water partition coefficient (Wildman–Crippen LogP) is 4.54. The van der Waals surface area contributed by atoms with Crippen LogP contribution in [0.2, 0.25) is 5.15 Å². The number of anilines is 2. The van der Waals surface area contributed by atoms with Crippen molar-refractivity contribution in [1.82, 2.24) is 20.2 Å². The van der Waals surface area contributed by atoms with E-state index in [0.717, 1.165) is 22.8 Å². The lowest BCUT2D eigenvalue weighted by atomic mass is 10.1. The molecule has 24 heavy (non-hydrogen) atoms. The van der Waals surface area contributed by atoms with Crippen LogP contribution in [0, 0.1) is 0 Å². The molecule has 2 heterocycles. The maximum atomic E-state index is 5.89. The first-order valence-electron chi connectivity index (χ1n) is 7.27. The van der Waals surface area contributed by atoms with E-state index >= 15 is 0 Å². The molecule has 3 rings (SSSR count). The number of rotatable bonds is 5. The van der Waals surface area contributed by atoms with Gasteiger partial charge in [0, 0.05) is 11.3 Å². The minimum atomic E-state index is -0.419. The molecule has 0 aliphatic rings. The number of benzene rings is 1. The van der Waals surface area contributed by atoms with E-state index in [9.17, 15) is 0 Å². The Balaban J connectivity index is 1.78.